The van der Waals surface area contributed by atoms with E-state index in [1.54, 1.807) is 0 Å². The van der Waals surface area contributed by atoms with Gasteiger partial charge in [-0.3, -0.25) is 9.69 Å². The molecule has 2 N–H and O–H groups in total. The highest BCUT2D eigenvalue weighted by atomic mass is 35.5. The summed E-state index contributed by atoms with van der Waals surface area (Å²) in [6.45, 7) is 7.05. The van der Waals surface area contributed by atoms with Crippen LogP contribution in [-0.2, 0) is 16.1 Å². The van der Waals surface area contributed by atoms with Gasteiger partial charge in [0.05, 0.1) is 6.10 Å². The molecule has 142 valence electrons. The van der Waals surface area contributed by atoms with E-state index in [-0.39, 0.29) is 42.9 Å². The number of hydrogen-bond donors (Lipinski definition) is 1. The highest BCUT2D eigenvalue weighted by molar-refractivity contribution is 5.85. The first-order valence-corrected chi connectivity index (χ1v) is 8.58. The number of benzene rings is 1. The van der Waals surface area contributed by atoms with Crippen LogP contribution < -0.4 is 5.73 Å². The van der Waals surface area contributed by atoms with Crippen LogP contribution in [0.4, 0.5) is 0 Å². The van der Waals surface area contributed by atoms with Crippen LogP contribution >= 0.6 is 24.8 Å². The summed E-state index contributed by atoms with van der Waals surface area (Å²) in [7, 11) is 0. The van der Waals surface area contributed by atoms with E-state index < -0.39 is 0 Å². The molecule has 5 nitrogen and oxygen atoms in total. The zero-order valence-electron chi connectivity index (χ0n) is 14.7. The third-order valence-electron chi connectivity index (χ3n) is 4.99. The van der Waals surface area contributed by atoms with Gasteiger partial charge in [-0.2, -0.15) is 0 Å². The number of carbonyl (C=O) groups is 1. The highest BCUT2D eigenvalue weighted by Gasteiger charge is 2.34. The van der Waals surface area contributed by atoms with Gasteiger partial charge in [0, 0.05) is 39.3 Å². The normalized spacial score (nSPS) is 23.7. The molecule has 1 amide bonds. The summed E-state index contributed by atoms with van der Waals surface area (Å²) >= 11 is 0. The molecule has 1 aromatic rings. The van der Waals surface area contributed by atoms with E-state index in [9.17, 15) is 4.79 Å². The van der Waals surface area contributed by atoms with Crippen molar-refractivity contribution in [1.29, 1.82) is 0 Å². The molecule has 3 rings (SSSR count). The number of hydrogen-bond acceptors (Lipinski definition) is 4. The molecule has 1 aromatic carbocycles. The summed E-state index contributed by atoms with van der Waals surface area (Å²) < 4.78 is 5.73. The molecular formula is C18H29Cl2N3O2. The van der Waals surface area contributed by atoms with Crippen molar-refractivity contribution in [3.8, 4) is 0 Å². The molecule has 2 saturated heterocycles. The topological polar surface area (TPSA) is 58.8 Å². The fourth-order valence-corrected chi connectivity index (χ4v) is 3.42. The number of halogens is 2. The minimum absolute atomic E-state index is 0. The number of rotatable bonds is 4. The van der Waals surface area contributed by atoms with E-state index >= 15 is 0 Å². The number of piperazine rings is 1. The van der Waals surface area contributed by atoms with Crippen molar-refractivity contribution in [2.45, 2.75) is 38.5 Å². The van der Waals surface area contributed by atoms with Crippen LogP contribution in [0.2, 0.25) is 0 Å². The van der Waals surface area contributed by atoms with E-state index in [0.29, 0.717) is 6.54 Å². The summed E-state index contributed by atoms with van der Waals surface area (Å²) in [6.07, 6.45) is 1.50. The lowest BCUT2D eigenvalue weighted by Gasteiger charge is -2.36. The van der Waals surface area contributed by atoms with Crippen LogP contribution in [0.15, 0.2) is 24.3 Å². The monoisotopic (exact) mass is 389 g/mol. The first-order valence-electron chi connectivity index (χ1n) is 8.58. The number of carbonyl (C=O) groups excluding carboxylic acids is 1. The largest absolute Gasteiger partial charge is 0.364 e. The van der Waals surface area contributed by atoms with Crippen molar-refractivity contribution in [3.05, 3.63) is 35.4 Å². The van der Waals surface area contributed by atoms with Gasteiger partial charge in [0.2, 0.25) is 0 Å². The molecule has 2 heterocycles. The quantitative estimate of drug-likeness (QED) is 0.855. The fraction of sp³-hybridized carbons (Fsp3) is 0.611. The second-order valence-corrected chi connectivity index (χ2v) is 6.59. The van der Waals surface area contributed by atoms with Crippen LogP contribution in [0, 0.1) is 6.92 Å². The molecule has 2 aliphatic heterocycles. The van der Waals surface area contributed by atoms with Crippen LogP contribution in [0.5, 0.6) is 0 Å². The molecule has 0 unspecified atom stereocenters. The Labute approximate surface area is 162 Å². The van der Waals surface area contributed by atoms with Crippen LogP contribution in [0.25, 0.3) is 0 Å². The van der Waals surface area contributed by atoms with E-state index in [2.05, 4.69) is 36.1 Å². The zero-order chi connectivity index (χ0) is 16.2. The summed E-state index contributed by atoms with van der Waals surface area (Å²) in [4.78, 5) is 16.9. The van der Waals surface area contributed by atoms with E-state index in [0.717, 1.165) is 45.6 Å². The number of nitrogens with zero attached hydrogens (tertiary/aromatic N) is 2. The first-order chi connectivity index (χ1) is 11.2. The number of amides is 1. The Balaban J connectivity index is 0.00000156. The molecule has 0 spiro atoms. The van der Waals surface area contributed by atoms with Gasteiger partial charge in [0.25, 0.3) is 5.91 Å². The predicted molar refractivity (Wildman–Crippen MR) is 104 cm³/mol. The van der Waals surface area contributed by atoms with Gasteiger partial charge in [-0.25, -0.2) is 0 Å². The Hall–Kier alpha value is -0.850. The van der Waals surface area contributed by atoms with Crippen molar-refractivity contribution >= 4 is 30.7 Å². The molecular weight excluding hydrogens is 361 g/mol. The summed E-state index contributed by atoms with van der Waals surface area (Å²) in [6, 6.07) is 8.51. The van der Waals surface area contributed by atoms with Crippen LogP contribution in [0.3, 0.4) is 0 Å². The van der Waals surface area contributed by atoms with Crippen molar-refractivity contribution in [2.24, 2.45) is 5.73 Å². The number of nitrogens with two attached hydrogens (primary N) is 1. The average Bonchev–Trinajstić information content (AvgIpc) is 3.06. The maximum Gasteiger partial charge on any atom is 0.251 e. The molecule has 2 atom stereocenters. The second kappa shape index (κ2) is 10.3. The Bertz CT molecular complexity index is 551. The lowest BCUT2D eigenvalue weighted by atomic mass is 10.1. The Kier molecular flexibility index (Phi) is 9.17. The maximum atomic E-state index is 12.5. The van der Waals surface area contributed by atoms with Gasteiger partial charge in [-0.15, -0.1) is 24.8 Å². The van der Waals surface area contributed by atoms with Gasteiger partial charge in [0.1, 0.15) is 6.10 Å². The molecule has 0 aliphatic carbocycles. The van der Waals surface area contributed by atoms with E-state index in [1.807, 2.05) is 4.90 Å². The van der Waals surface area contributed by atoms with Crippen molar-refractivity contribution in [3.63, 3.8) is 0 Å². The van der Waals surface area contributed by atoms with Gasteiger partial charge in [0.15, 0.2) is 0 Å². The maximum absolute atomic E-state index is 12.5. The van der Waals surface area contributed by atoms with Crippen molar-refractivity contribution in [2.75, 3.05) is 32.7 Å². The SMILES string of the molecule is Cc1ccccc1CN1CCN(C(=O)[C@@H]2CC[C@H](CN)O2)CC1.Cl.Cl. The minimum atomic E-state index is -0.272. The molecule has 7 heteroatoms. The van der Waals surface area contributed by atoms with Crippen LogP contribution in [0.1, 0.15) is 24.0 Å². The zero-order valence-corrected chi connectivity index (χ0v) is 16.4. The third kappa shape index (κ3) is 5.56. The Morgan fingerprint density at radius 2 is 1.84 bits per heavy atom. The van der Waals surface area contributed by atoms with Gasteiger partial charge < -0.3 is 15.4 Å². The second-order valence-electron chi connectivity index (χ2n) is 6.59. The molecule has 0 radical (unpaired) electrons. The Morgan fingerprint density at radius 3 is 2.44 bits per heavy atom. The molecule has 0 aromatic heterocycles. The Morgan fingerprint density at radius 1 is 1.16 bits per heavy atom. The number of ether oxygens (including phenoxy) is 1. The molecule has 2 aliphatic rings. The summed E-state index contributed by atoms with van der Waals surface area (Å²) in [5.74, 6) is 0.150. The summed E-state index contributed by atoms with van der Waals surface area (Å²) in [5, 5.41) is 0. The third-order valence-corrected chi connectivity index (χ3v) is 4.99. The minimum Gasteiger partial charge on any atom is -0.364 e. The fourth-order valence-electron chi connectivity index (χ4n) is 3.42. The standard InChI is InChI=1S/C18H27N3O2.2ClH/c1-14-4-2-3-5-15(14)13-20-8-10-21(11-9-20)18(22)17-7-6-16(12-19)23-17;;/h2-5,16-17H,6-13,19H2,1H3;2*1H/t16-,17+;;/m1../s1. The summed E-state index contributed by atoms with van der Waals surface area (Å²) in [5.41, 5.74) is 8.33. The van der Waals surface area contributed by atoms with E-state index in [1.165, 1.54) is 11.1 Å². The lowest BCUT2D eigenvalue weighted by Crippen LogP contribution is -2.51. The highest BCUT2D eigenvalue weighted by Crippen LogP contribution is 2.21. The molecule has 25 heavy (non-hydrogen) atoms. The molecule has 0 saturated carbocycles. The van der Waals surface area contributed by atoms with Gasteiger partial charge >= 0.3 is 0 Å². The first kappa shape index (κ1) is 22.2. The average molecular weight is 390 g/mol. The van der Waals surface area contributed by atoms with Crippen molar-refractivity contribution < 1.29 is 9.53 Å². The van der Waals surface area contributed by atoms with Gasteiger partial charge in [-0.1, -0.05) is 24.3 Å². The molecule has 2 fully saturated rings. The van der Waals surface area contributed by atoms with Gasteiger partial charge in [-0.05, 0) is 30.9 Å². The van der Waals surface area contributed by atoms with E-state index in [4.69, 9.17) is 10.5 Å². The molecule has 0 bridgehead atoms. The predicted octanol–water partition coefficient (Wildman–Crippen LogP) is 1.99. The number of aryl methyl sites for hydroxylation is 1. The van der Waals surface area contributed by atoms with Crippen molar-refractivity contribution in [1.82, 2.24) is 9.80 Å². The van der Waals surface area contributed by atoms with Crippen LogP contribution in [-0.4, -0.2) is 60.6 Å². The lowest BCUT2D eigenvalue weighted by molar-refractivity contribution is -0.144. The smallest absolute Gasteiger partial charge is 0.251 e.